The number of aryl methyl sites for hydroxylation is 1. The average molecular weight is 337 g/mol. The number of nitrogens with zero attached hydrogens (tertiary/aromatic N) is 2. The van der Waals surface area contributed by atoms with E-state index in [4.69, 9.17) is 4.98 Å². The van der Waals surface area contributed by atoms with Gasteiger partial charge in [0, 0.05) is 11.3 Å². The zero-order valence-corrected chi connectivity index (χ0v) is 14.6. The van der Waals surface area contributed by atoms with Crippen molar-refractivity contribution in [1.82, 2.24) is 25.5 Å². The van der Waals surface area contributed by atoms with Crippen LogP contribution >= 0.6 is 0 Å². The summed E-state index contributed by atoms with van der Waals surface area (Å²) in [5.74, 6) is 0.942. The third-order valence-electron chi connectivity index (χ3n) is 5.22. The lowest BCUT2D eigenvalue weighted by molar-refractivity contribution is 0.0914. The second-order valence-electron chi connectivity index (χ2n) is 6.86. The molecule has 1 aromatic carbocycles. The smallest absolute Gasteiger partial charge is 0.272 e. The Bertz CT molecular complexity index is 877. The number of aromatic amines is 2. The first-order chi connectivity index (χ1) is 12.2. The van der Waals surface area contributed by atoms with Crippen LogP contribution in [0.5, 0.6) is 0 Å². The maximum atomic E-state index is 12.8. The molecule has 0 unspecified atom stereocenters. The van der Waals surface area contributed by atoms with Gasteiger partial charge in [0.15, 0.2) is 5.69 Å². The van der Waals surface area contributed by atoms with Gasteiger partial charge in [-0.05, 0) is 37.3 Å². The summed E-state index contributed by atoms with van der Waals surface area (Å²) in [5.41, 5.74) is 4.62. The molecule has 0 saturated heterocycles. The van der Waals surface area contributed by atoms with Crippen LogP contribution in [0, 0.1) is 5.92 Å². The molecule has 0 aliphatic heterocycles. The van der Waals surface area contributed by atoms with E-state index in [-0.39, 0.29) is 17.9 Å². The van der Waals surface area contributed by atoms with Gasteiger partial charge in [-0.25, -0.2) is 4.98 Å². The van der Waals surface area contributed by atoms with Gasteiger partial charge in [-0.2, -0.15) is 5.10 Å². The second kappa shape index (κ2) is 6.35. The van der Waals surface area contributed by atoms with Gasteiger partial charge in [-0.3, -0.25) is 9.89 Å². The van der Waals surface area contributed by atoms with E-state index in [1.54, 1.807) is 0 Å². The fourth-order valence-corrected chi connectivity index (χ4v) is 3.55. The molecule has 0 spiro atoms. The van der Waals surface area contributed by atoms with E-state index in [9.17, 15) is 4.79 Å². The molecule has 0 fully saturated rings. The first kappa shape index (κ1) is 15.9. The van der Waals surface area contributed by atoms with Crippen LogP contribution in [0.2, 0.25) is 0 Å². The quantitative estimate of drug-likeness (QED) is 0.668. The van der Waals surface area contributed by atoms with Gasteiger partial charge in [0.2, 0.25) is 0 Å². The molecule has 2 heterocycles. The highest BCUT2D eigenvalue weighted by Crippen LogP contribution is 2.27. The summed E-state index contributed by atoms with van der Waals surface area (Å²) in [5, 5.41) is 10.4. The zero-order chi connectivity index (χ0) is 17.4. The predicted molar refractivity (Wildman–Crippen MR) is 96.4 cm³/mol. The van der Waals surface area contributed by atoms with Crippen molar-refractivity contribution in [2.45, 2.75) is 45.6 Å². The van der Waals surface area contributed by atoms with E-state index in [0.717, 1.165) is 53.8 Å². The maximum absolute atomic E-state index is 12.8. The predicted octanol–water partition coefficient (Wildman–Crippen LogP) is 3.29. The first-order valence-electron chi connectivity index (χ1n) is 8.99. The summed E-state index contributed by atoms with van der Waals surface area (Å²) in [7, 11) is 0. The number of hydrogen-bond acceptors (Lipinski definition) is 3. The van der Waals surface area contributed by atoms with Crippen LogP contribution in [0.25, 0.3) is 11.0 Å². The summed E-state index contributed by atoms with van der Waals surface area (Å²) in [6.45, 7) is 4.26. The van der Waals surface area contributed by atoms with Gasteiger partial charge in [0.1, 0.15) is 5.82 Å². The number of carbonyl (C=O) groups is 1. The first-order valence-corrected chi connectivity index (χ1v) is 8.99. The lowest BCUT2D eigenvalue weighted by atomic mass is 9.98. The number of carbonyl (C=O) groups excluding carboxylic acids is 1. The molecular weight excluding hydrogens is 314 g/mol. The zero-order valence-electron chi connectivity index (χ0n) is 14.6. The molecule has 3 N–H and O–H groups in total. The second-order valence-corrected chi connectivity index (χ2v) is 6.86. The molecule has 3 aromatic rings. The van der Waals surface area contributed by atoms with Crippen molar-refractivity contribution in [2.24, 2.45) is 5.92 Å². The number of para-hydroxylation sites is 2. The lowest BCUT2D eigenvalue weighted by Gasteiger charge is -2.22. The van der Waals surface area contributed by atoms with Gasteiger partial charge >= 0.3 is 0 Å². The molecule has 1 amide bonds. The molecule has 0 radical (unpaired) electrons. The molecule has 4 rings (SSSR count). The SMILES string of the molecule is CC[C@H](C)[C@@H](NC(=O)c1n[nH]c2c1CCC2)c1nc2ccccc2[nH]1. The number of amides is 1. The minimum absolute atomic E-state index is 0.120. The third kappa shape index (κ3) is 2.81. The van der Waals surface area contributed by atoms with E-state index < -0.39 is 0 Å². The number of aromatic nitrogens is 4. The molecule has 0 saturated carbocycles. The van der Waals surface area contributed by atoms with Gasteiger partial charge in [0.05, 0.1) is 17.1 Å². The number of hydrogen-bond donors (Lipinski definition) is 3. The minimum Gasteiger partial charge on any atom is -0.340 e. The van der Waals surface area contributed by atoms with Gasteiger partial charge in [-0.15, -0.1) is 0 Å². The van der Waals surface area contributed by atoms with E-state index in [1.165, 1.54) is 0 Å². The molecular formula is C19H23N5O. The molecule has 6 nitrogen and oxygen atoms in total. The normalized spacial score (nSPS) is 15.9. The van der Waals surface area contributed by atoms with Crippen molar-refractivity contribution in [1.29, 1.82) is 0 Å². The molecule has 25 heavy (non-hydrogen) atoms. The maximum Gasteiger partial charge on any atom is 0.272 e. The van der Waals surface area contributed by atoms with Crippen LogP contribution in [-0.2, 0) is 12.8 Å². The van der Waals surface area contributed by atoms with Crippen LogP contribution in [0.15, 0.2) is 24.3 Å². The van der Waals surface area contributed by atoms with E-state index in [2.05, 4.69) is 34.3 Å². The Morgan fingerprint density at radius 2 is 2.16 bits per heavy atom. The van der Waals surface area contributed by atoms with Crippen LogP contribution in [0.3, 0.4) is 0 Å². The summed E-state index contributed by atoms with van der Waals surface area (Å²) in [6, 6.07) is 7.76. The molecule has 1 aliphatic carbocycles. The monoisotopic (exact) mass is 337 g/mol. The highest BCUT2D eigenvalue weighted by Gasteiger charge is 2.28. The number of H-pyrrole nitrogens is 2. The van der Waals surface area contributed by atoms with Crippen LogP contribution in [-0.4, -0.2) is 26.1 Å². The van der Waals surface area contributed by atoms with Crippen molar-refractivity contribution >= 4 is 16.9 Å². The summed E-state index contributed by atoms with van der Waals surface area (Å²) < 4.78 is 0. The van der Waals surface area contributed by atoms with Crippen LogP contribution < -0.4 is 5.32 Å². The Hall–Kier alpha value is -2.63. The van der Waals surface area contributed by atoms with Gasteiger partial charge < -0.3 is 10.3 Å². The molecule has 2 aromatic heterocycles. The van der Waals surface area contributed by atoms with Crippen molar-refractivity contribution in [3.05, 3.63) is 47.0 Å². The Labute approximate surface area is 146 Å². The number of imidazole rings is 1. The Morgan fingerprint density at radius 1 is 1.32 bits per heavy atom. The van der Waals surface area contributed by atoms with E-state index in [1.807, 2.05) is 24.3 Å². The third-order valence-corrected chi connectivity index (χ3v) is 5.22. The molecule has 1 aliphatic rings. The Kier molecular flexibility index (Phi) is 4.03. The van der Waals surface area contributed by atoms with Gasteiger partial charge in [-0.1, -0.05) is 32.4 Å². The summed E-state index contributed by atoms with van der Waals surface area (Å²) in [6.07, 6.45) is 3.93. The highest BCUT2D eigenvalue weighted by atomic mass is 16.2. The largest absolute Gasteiger partial charge is 0.340 e. The lowest BCUT2D eigenvalue weighted by Crippen LogP contribution is -2.34. The number of nitrogens with one attached hydrogen (secondary N) is 3. The number of fused-ring (bicyclic) bond motifs is 2. The van der Waals surface area contributed by atoms with E-state index in [0.29, 0.717) is 5.69 Å². The van der Waals surface area contributed by atoms with Crippen LogP contribution in [0.4, 0.5) is 0 Å². The minimum atomic E-state index is -0.168. The summed E-state index contributed by atoms with van der Waals surface area (Å²) >= 11 is 0. The van der Waals surface area contributed by atoms with E-state index >= 15 is 0 Å². The van der Waals surface area contributed by atoms with Crippen LogP contribution in [0.1, 0.15) is 60.3 Å². The Balaban J connectivity index is 1.64. The molecule has 130 valence electrons. The van der Waals surface area contributed by atoms with Gasteiger partial charge in [0.25, 0.3) is 5.91 Å². The number of rotatable bonds is 5. The highest BCUT2D eigenvalue weighted by molar-refractivity contribution is 5.94. The Morgan fingerprint density at radius 3 is 2.96 bits per heavy atom. The van der Waals surface area contributed by atoms with Crippen molar-refractivity contribution < 1.29 is 4.79 Å². The van der Waals surface area contributed by atoms with Crippen molar-refractivity contribution in [3.63, 3.8) is 0 Å². The number of benzene rings is 1. The topological polar surface area (TPSA) is 86.5 Å². The standard InChI is InChI=1S/C19H23N5O/c1-3-11(2)16(18-20-14-8-4-5-9-15(14)21-18)22-19(25)17-12-7-6-10-13(12)23-24-17/h4-5,8-9,11,16H,3,6-7,10H2,1-2H3,(H,20,21)(H,22,25)(H,23,24)/t11-,16+/m0/s1. The van der Waals surface area contributed by atoms with Crippen molar-refractivity contribution in [2.75, 3.05) is 0 Å². The average Bonchev–Trinajstić information content (AvgIpc) is 3.32. The molecule has 6 heteroatoms. The fourth-order valence-electron chi connectivity index (χ4n) is 3.55. The molecule has 2 atom stereocenters. The molecule has 0 bridgehead atoms. The fraction of sp³-hybridized carbons (Fsp3) is 0.421. The van der Waals surface area contributed by atoms with Crippen molar-refractivity contribution in [3.8, 4) is 0 Å². The summed E-state index contributed by atoms with van der Waals surface area (Å²) in [4.78, 5) is 20.9.